The highest BCUT2D eigenvalue weighted by Crippen LogP contribution is 2.32. The fourth-order valence-corrected chi connectivity index (χ4v) is 3.90. The van der Waals surface area contributed by atoms with Crippen LogP contribution in [0, 0.1) is 18.6 Å². The summed E-state index contributed by atoms with van der Waals surface area (Å²) in [7, 11) is 1.78. The standard InChI is InChI=1S/C20H21F2N7/c1-12-10-29-11-13(7-16(22)20(29)24-12)25-19-18-15(21)8-14(9-17(18)27(2)26-19)28-5-3-23-4-6-28/h7-11,23H,3-6H2,1-2H3,(H,25,26). The molecule has 29 heavy (non-hydrogen) atoms. The molecule has 0 aliphatic carbocycles. The van der Waals surface area contributed by atoms with Crippen LogP contribution < -0.4 is 15.5 Å². The van der Waals surface area contributed by atoms with Gasteiger partial charge in [-0.1, -0.05) is 0 Å². The number of anilines is 3. The van der Waals surface area contributed by atoms with Crippen LogP contribution in [0.15, 0.2) is 30.6 Å². The molecule has 1 fully saturated rings. The van der Waals surface area contributed by atoms with Gasteiger partial charge in [0.2, 0.25) is 0 Å². The second-order valence-electron chi connectivity index (χ2n) is 7.35. The van der Waals surface area contributed by atoms with Crippen LogP contribution in [-0.4, -0.2) is 45.3 Å². The van der Waals surface area contributed by atoms with Crippen LogP contribution in [0.25, 0.3) is 16.6 Å². The number of nitrogens with zero attached hydrogens (tertiary/aromatic N) is 5. The van der Waals surface area contributed by atoms with Gasteiger partial charge in [0.05, 0.1) is 22.3 Å². The van der Waals surface area contributed by atoms with E-state index in [-0.39, 0.29) is 11.5 Å². The van der Waals surface area contributed by atoms with Crippen LogP contribution in [0.2, 0.25) is 0 Å². The van der Waals surface area contributed by atoms with Gasteiger partial charge in [-0.05, 0) is 19.1 Å². The minimum atomic E-state index is -0.454. The van der Waals surface area contributed by atoms with E-state index in [4.69, 9.17) is 0 Å². The zero-order valence-corrected chi connectivity index (χ0v) is 16.2. The van der Waals surface area contributed by atoms with E-state index in [1.165, 1.54) is 6.07 Å². The molecule has 1 aliphatic rings. The molecule has 0 spiro atoms. The second kappa shape index (κ2) is 6.70. The summed E-state index contributed by atoms with van der Waals surface area (Å²) in [6.45, 7) is 5.21. The van der Waals surface area contributed by atoms with Crippen molar-refractivity contribution in [1.29, 1.82) is 0 Å². The summed E-state index contributed by atoms with van der Waals surface area (Å²) >= 11 is 0. The smallest absolute Gasteiger partial charge is 0.173 e. The van der Waals surface area contributed by atoms with Crippen molar-refractivity contribution in [2.45, 2.75) is 6.92 Å². The highest BCUT2D eigenvalue weighted by atomic mass is 19.1. The largest absolute Gasteiger partial charge is 0.369 e. The molecular formula is C20H21F2N7. The highest BCUT2D eigenvalue weighted by Gasteiger charge is 2.19. The molecule has 1 aliphatic heterocycles. The van der Waals surface area contributed by atoms with Crippen molar-refractivity contribution >= 4 is 33.7 Å². The summed E-state index contributed by atoms with van der Waals surface area (Å²) in [5.74, 6) is -0.459. The molecular weight excluding hydrogens is 376 g/mol. The van der Waals surface area contributed by atoms with E-state index < -0.39 is 5.82 Å². The molecule has 0 unspecified atom stereocenters. The molecule has 0 saturated carbocycles. The maximum atomic E-state index is 15.1. The number of benzene rings is 1. The van der Waals surface area contributed by atoms with E-state index >= 15 is 4.39 Å². The Labute approximate surface area is 165 Å². The van der Waals surface area contributed by atoms with Crippen molar-refractivity contribution < 1.29 is 8.78 Å². The first kappa shape index (κ1) is 17.9. The molecule has 0 atom stereocenters. The molecule has 0 bridgehead atoms. The van der Waals surface area contributed by atoms with Gasteiger partial charge < -0.3 is 19.9 Å². The van der Waals surface area contributed by atoms with Crippen LogP contribution in [0.3, 0.4) is 0 Å². The van der Waals surface area contributed by atoms with Crippen molar-refractivity contribution in [2.24, 2.45) is 7.05 Å². The number of piperazine rings is 1. The first-order chi connectivity index (χ1) is 14.0. The molecule has 3 aromatic heterocycles. The Morgan fingerprint density at radius 3 is 2.66 bits per heavy atom. The topological polar surface area (TPSA) is 62.4 Å². The molecule has 1 saturated heterocycles. The minimum Gasteiger partial charge on any atom is -0.369 e. The van der Waals surface area contributed by atoms with Gasteiger partial charge in [-0.2, -0.15) is 5.10 Å². The fraction of sp³-hybridized carbons (Fsp3) is 0.300. The van der Waals surface area contributed by atoms with E-state index in [0.29, 0.717) is 22.4 Å². The summed E-state index contributed by atoms with van der Waals surface area (Å²) < 4.78 is 32.7. The van der Waals surface area contributed by atoms with Crippen molar-refractivity contribution in [3.63, 3.8) is 0 Å². The Morgan fingerprint density at radius 1 is 1.07 bits per heavy atom. The number of hydrogen-bond acceptors (Lipinski definition) is 5. The van der Waals surface area contributed by atoms with E-state index in [1.807, 2.05) is 6.07 Å². The SMILES string of the molecule is Cc1cn2cc(Nc3nn(C)c4cc(N5CCNCC5)cc(F)c34)cc(F)c2n1. The first-order valence-electron chi connectivity index (χ1n) is 9.53. The monoisotopic (exact) mass is 397 g/mol. The number of fused-ring (bicyclic) bond motifs is 2. The first-order valence-corrected chi connectivity index (χ1v) is 9.53. The summed E-state index contributed by atoms with van der Waals surface area (Å²) in [5.41, 5.74) is 2.97. The summed E-state index contributed by atoms with van der Waals surface area (Å²) in [4.78, 5) is 6.31. The van der Waals surface area contributed by atoms with Crippen LogP contribution in [0.4, 0.5) is 26.0 Å². The highest BCUT2D eigenvalue weighted by molar-refractivity contribution is 5.94. The molecule has 7 nitrogen and oxygen atoms in total. The van der Waals surface area contributed by atoms with E-state index in [2.05, 4.69) is 25.6 Å². The lowest BCUT2D eigenvalue weighted by Gasteiger charge is -2.29. The lowest BCUT2D eigenvalue weighted by Crippen LogP contribution is -2.43. The summed E-state index contributed by atoms with van der Waals surface area (Å²) in [6, 6.07) is 4.84. The van der Waals surface area contributed by atoms with Crippen LogP contribution in [-0.2, 0) is 7.05 Å². The molecule has 0 radical (unpaired) electrons. The fourth-order valence-electron chi connectivity index (χ4n) is 3.90. The Kier molecular flexibility index (Phi) is 4.13. The third-order valence-electron chi connectivity index (χ3n) is 5.26. The number of aromatic nitrogens is 4. The Bertz CT molecular complexity index is 1220. The second-order valence-corrected chi connectivity index (χ2v) is 7.35. The lowest BCUT2D eigenvalue weighted by molar-refractivity contribution is 0.586. The Morgan fingerprint density at radius 2 is 1.86 bits per heavy atom. The molecule has 5 rings (SSSR count). The lowest BCUT2D eigenvalue weighted by atomic mass is 10.2. The number of pyridine rings is 1. The van der Waals surface area contributed by atoms with Gasteiger partial charge >= 0.3 is 0 Å². The van der Waals surface area contributed by atoms with Crippen LogP contribution in [0.1, 0.15) is 5.69 Å². The average molecular weight is 397 g/mol. The molecule has 1 aromatic carbocycles. The van der Waals surface area contributed by atoms with Gasteiger partial charge in [-0.15, -0.1) is 0 Å². The Balaban J connectivity index is 1.55. The van der Waals surface area contributed by atoms with Crippen molar-refractivity contribution in [2.75, 3.05) is 36.4 Å². The van der Waals surface area contributed by atoms with Gasteiger partial charge in [0.1, 0.15) is 5.82 Å². The van der Waals surface area contributed by atoms with Gasteiger partial charge in [0.15, 0.2) is 17.3 Å². The minimum absolute atomic E-state index is 0.255. The number of imidazole rings is 1. The van der Waals surface area contributed by atoms with Gasteiger partial charge in [-0.3, -0.25) is 4.68 Å². The molecule has 4 heterocycles. The van der Waals surface area contributed by atoms with E-state index in [1.54, 1.807) is 41.5 Å². The van der Waals surface area contributed by atoms with Gasteiger partial charge in [0.25, 0.3) is 0 Å². The van der Waals surface area contributed by atoms with Crippen LogP contribution >= 0.6 is 0 Å². The number of halogens is 2. The maximum absolute atomic E-state index is 15.1. The molecule has 0 amide bonds. The molecule has 4 aromatic rings. The third kappa shape index (κ3) is 3.07. The number of rotatable bonds is 3. The van der Waals surface area contributed by atoms with Gasteiger partial charge in [-0.25, -0.2) is 13.8 Å². The van der Waals surface area contributed by atoms with Crippen LogP contribution in [0.5, 0.6) is 0 Å². The number of hydrogen-bond donors (Lipinski definition) is 2. The van der Waals surface area contributed by atoms with Crippen molar-refractivity contribution in [3.05, 3.63) is 47.9 Å². The molecule has 150 valence electrons. The maximum Gasteiger partial charge on any atom is 0.173 e. The average Bonchev–Trinajstić information content (AvgIpc) is 3.22. The zero-order valence-electron chi connectivity index (χ0n) is 16.2. The summed E-state index contributed by atoms with van der Waals surface area (Å²) in [6.07, 6.45) is 3.45. The van der Waals surface area contributed by atoms with Crippen molar-refractivity contribution in [1.82, 2.24) is 24.5 Å². The van der Waals surface area contributed by atoms with E-state index in [9.17, 15) is 4.39 Å². The number of nitrogens with one attached hydrogen (secondary N) is 2. The molecule has 2 N–H and O–H groups in total. The Hall–Kier alpha value is -3.20. The summed E-state index contributed by atoms with van der Waals surface area (Å²) in [5, 5.41) is 11.2. The normalized spacial score (nSPS) is 14.8. The third-order valence-corrected chi connectivity index (χ3v) is 5.26. The predicted molar refractivity (Wildman–Crippen MR) is 109 cm³/mol. The number of aryl methyl sites for hydroxylation is 2. The van der Waals surface area contributed by atoms with E-state index in [0.717, 1.165) is 37.6 Å². The van der Waals surface area contributed by atoms with Gasteiger partial charge in [0, 0.05) is 57.4 Å². The predicted octanol–water partition coefficient (Wildman–Crippen LogP) is 2.96. The molecule has 9 heteroatoms. The quantitative estimate of drug-likeness (QED) is 0.557. The van der Waals surface area contributed by atoms with Crippen molar-refractivity contribution in [3.8, 4) is 0 Å². The zero-order chi connectivity index (χ0) is 20.1.